The normalized spacial score (nSPS) is 10.7. The summed E-state index contributed by atoms with van der Waals surface area (Å²) in [4.78, 5) is 12.3. The Labute approximate surface area is 147 Å². The molecule has 0 saturated heterocycles. The summed E-state index contributed by atoms with van der Waals surface area (Å²) in [5, 5.41) is 4.49. The van der Waals surface area contributed by atoms with Crippen molar-refractivity contribution >= 4 is 41.0 Å². The number of rotatable bonds is 5. The van der Waals surface area contributed by atoms with Gasteiger partial charge in [-0.25, -0.2) is 0 Å². The Bertz CT molecular complexity index is 695. The molecular formula is C17H20N3O2PS. The molecule has 0 aromatic heterocycles. The second-order valence-corrected chi connectivity index (χ2v) is 8.34. The van der Waals surface area contributed by atoms with Gasteiger partial charge in [-0.05, 0) is 19.1 Å². The maximum absolute atomic E-state index is 13.7. The molecule has 2 aromatic rings. The lowest BCUT2D eigenvalue weighted by Crippen LogP contribution is -2.48. The molecule has 1 amide bonds. The SMILES string of the molecule is CCNC(=S)NNC(=O)CP(=O)(c1ccccc1)c1ccccc1. The van der Waals surface area contributed by atoms with Crippen molar-refractivity contribution in [2.75, 3.05) is 12.7 Å². The van der Waals surface area contributed by atoms with Gasteiger partial charge in [0.15, 0.2) is 12.3 Å². The van der Waals surface area contributed by atoms with Gasteiger partial charge in [-0.15, -0.1) is 0 Å². The number of carbonyl (C=O) groups is 1. The summed E-state index contributed by atoms with van der Waals surface area (Å²) in [6, 6.07) is 18.2. The summed E-state index contributed by atoms with van der Waals surface area (Å²) < 4.78 is 13.7. The average molecular weight is 361 g/mol. The van der Waals surface area contributed by atoms with Crippen LogP contribution in [-0.2, 0) is 9.36 Å². The molecule has 24 heavy (non-hydrogen) atoms. The van der Waals surface area contributed by atoms with Crippen LogP contribution in [0.2, 0.25) is 0 Å². The number of carbonyl (C=O) groups excluding carboxylic acids is 1. The van der Waals surface area contributed by atoms with E-state index in [1.165, 1.54) is 0 Å². The van der Waals surface area contributed by atoms with Crippen molar-refractivity contribution in [3.63, 3.8) is 0 Å². The fraction of sp³-hybridized carbons (Fsp3) is 0.176. The van der Waals surface area contributed by atoms with Crippen LogP contribution in [0.3, 0.4) is 0 Å². The number of hydrogen-bond donors (Lipinski definition) is 3. The fourth-order valence-corrected chi connectivity index (χ4v) is 4.89. The Balaban J connectivity index is 2.21. The first kappa shape index (κ1) is 18.2. The van der Waals surface area contributed by atoms with E-state index in [0.29, 0.717) is 22.3 Å². The molecule has 3 N–H and O–H groups in total. The Morgan fingerprint density at radius 1 is 0.958 bits per heavy atom. The predicted molar refractivity (Wildman–Crippen MR) is 102 cm³/mol. The monoisotopic (exact) mass is 361 g/mol. The highest BCUT2D eigenvalue weighted by molar-refractivity contribution is 7.80. The lowest BCUT2D eigenvalue weighted by atomic mass is 10.4. The topological polar surface area (TPSA) is 70.2 Å². The van der Waals surface area contributed by atoms with Crippen molar-refractivity contribution in [2.24, 2.45) is 0 Å². The van der Waals surface area contributed by atoms with E-state index in [0.717, 1.165) is 0 Å². The van der Waals surface area contributed by atoms with E-state index < -0.39 is 7.14 Å². The summed E-state index contributed by atoms with van der Waals surface area (Å²) in [7, 11) is -3.07. The van der Waals surface area contributed by atoms with Gasteiger partial charge in [-0.2, -0.15) is 0 Å². The van der Waals surface area contributed by atoms with Crippen LogP contribution >= 0.6 is 19.4 Å². The number of amides is 1. The standard InChI is InChI=1S/C17H20N3O2PS/c1-2-18-17(24)20-19-16(21)13-23(22,14-9-5-3-6-10-14)15-11-7-4-8-12-15/h3-12H,2,13H2,1H3,(H,19,21)(H2,18,20,24). The Kier molecular flexibility index (Phi) is 6.53. The third-order valence-electron chi connectivity index (χ3n) is 3.37. The highest BCUT2D eigenvalue weighted by Crippen LogP contribution is 2.42. The zero-order valence-corrected chi connectivity index (χ0v) is 15.1. The largest absolute Gasteiger partial charge is 0.362 e. The molecule has 0 fully saturated rings. The molecule has 2 rings (SSSR count). The summed E-state index contributed by atoms with van der Waals surface area (Å²) in [6.07, 6.45) is -0.136. The van der Waals surface area contributed by atoms with Gasteiger partial charge >= 0.3 is 0 Å². The van der Waals surface area contributed by atoms with E-state index in [2.05, 4.69) is 16.2 Å². The van der Waals surface area contributed by atoms with Crippen molar-refractivity contribution in [2.45, 2.75) is 6.92 Å². The average Bonchev–Trinajstić information content (AvgIpc) is 2.62. The van der Waals surface area contributed by atoms with Crippen LogP contribution in [0.15, 0.2) is 60.7 Å². The van der Waals surface area contributed by atoms with Crippen molar-refractivity contribution in [1.82, 2.24) is 16.2 Å². The minimum Gasteiger partial charge on any atom is -0.362 e. The van der Waals surface area contributed by atoms with E-state index in [-0.39, 0.29) is 12.1 Å². The van der Waals surface area contributed by atoms with Crippen LogP contribution in [0.25, 0.3) is 0 Å². The maximum atomic E-state index is 13.7. The second-order valence-electron chi connectivity index (χ2n) is 5.10. The highest BCUT2D eigenvalue weighted by atomic mass is 32.1. The maximum Gasteiger partial charge on any atom is 0.246 e. The molecule has 0 aliphatic heterocycles. The van der Waals surface area contributed by atoms with Crippen molar-refractivity contribution in [3.8, 4) is 0 Å². The molecule has 0 bridgehead atoms. The van der Waals surface area contributed by atoms with Crippen LogP contribution in [0.5, 0.6) is 0 Å². The highest BCUT2D eigenvalue weighted by Gasteiger charge is 2.30. The summed E-state index contributed by atoms with van der Waals surface area (Å²) in [5.41, 5.74) is 5.11. The Hall–Kier alpha value is -2.17. The van der Waals surface area contributed by atoms with Gasteiger partial charge < -0.3 is 9.88 Å². The molecule has 0 saturated carbocycles. The smallest absolute Gasteiger partial charge is 0.246 e. The zero-order valence-electron chi connectivity index (χ0n) is 13.4. The zero-order chi connectivity index (χ0) is 17.4. The lowest BCUT2D eigenvalue weighted by molar-refractivity contribution is -0.119. The van der Waals surface area contributed by atoms with E-state index in [4.69, 9.17) is 12.2 Å². The number of thiocarbonyl (C=S) groups is 1. The van der Waals surface area contributed by atoms with Crippen LogP contribution in [0.1, 0.15) is 6.92 Å². The molecule has 0 aliphatic carbocycles. The van der Waals surface area contributed by atoms with E-state index in [9.17, 15) is 9.36 Å². The minimum absolute atomic E-state index is 0.136. The summed E-state index contributed by atoms with van der Waals surface area (Å²) >= 11 is 4.99. The molecule has 0 atom stereocenters. The fourth-order valence-electron chi connectivity index (χ4n) is 2.24. The molecular weight excluding hydrogens is 341 g/mol. The first-order valence-electron chi connectivity index (χ1n) is 7.59. The predicted octanol–water partition coefficient (Wildman–Crippen LogP) is 1.52. The second kappa shape index (κ2) is 8.62. The van der Waals surface area contributed by atoms with Gasteiger partial charge in [0.2, 0.25) is 5.91 Å². The lowest BCUT2D eigenvalue weighted by Gasteiger charge is -2.19. The molecule has 7 heteroatoms. The summed E-state index contributed by atoms with van der Waals surface area (Å²) in [6.45, 7) is 2.54. The van der Waals surface area contributed by atoms with Crippen LogP contribution in [-0.4, -0.2) is 23.7 Å². The number of nitrogens with one attached hydrogen (secondary N) is 3. The molecule has 0 radical (unpaired) electrons. The Morgan fingerprint density at radius 2 is 1.46 bits per heavy atom. The number of hydrazine groups is 1. The van der Waals surface area contributed by atoms with Gasteiger partial charge in [0, 0.05) is 17.2 Å². The molecule has 5 nitrogen and oxygen atoms in total. The van der Waals surface area contributed by atoms with E-state index >= 15 is 0 Å². The van der Waals surface area contributed by atoms with Crippen molar-refractivity contribution in [1.29, 1.82) is 0 Å². The molecule has 126 valence electrons. The molecule has 2 aromatic carbocycles. The van der Waals surface area contributed by atoms with Gasteiger partial charge in [-0.3, -0.25) is 15.6 Å². The van der Waals surface area contributed by atoms with Crippen LogP contribution in [0.4, 0.5) is 0 Å². The molecule has 0 spiro atoms. The van der Waals surface area contributed by atoms with Gasteiger partial charge in [0.1, 0.15) is 0 Å². The van der Waals surface area contributed by atoms with Gasteiger partial charge in [0.05, 0.1) is 6.16 Å². The van der Waals surface area contributed by atoms with E-state index in [1.54, 1.807) is 24.3 Å². The third-order valence-corrected chi connectivity index (χ3v) is 6.61. The Morgan fingerprint density at radius 3 is 1.92 bits per heavy atom. The summed E-state index contributed by atoms with van der Waals surface area (Å²) in [5.74, 6) is -0.383. The quantitative estimate of drug-likeness (QED) is 0.428. The van der Waals surface area contributed by atoms with Crippen molar-refractivity contribution < 1.29 is 9.36 Å². The first-order chi connectivity index (χ1) is 11.6. The third kappa shape index (κ3) is 4.66. The first-order valence-corrected chi connectivity index (χ1v) is 9.89. The van der Waals surface area contributed by atoms with Crippen molar-refractivity contribution in [3.05, 3.63) is 60.7 Å². The van der Waals surface area contributed by atoms with Crippen LogP contribution in [0, 0.1) is 0 Å². The molecule has 0 heterocycles. The van der Waals surface area contributed by atoms with Crippen LogP contribution < -0.4 is 26.8 Å². The minimum atomic E-state index is -3.07. The van der Waals surface area contributed by atoms with Gasteiger partial charge in [-0.1, -0.05) is 60.7 Å². The molecule has 0 unspecified atom stereocenters. The number of hydrogen-bond acceptors (Lipinski definition) is 3. The van der Waals surface area contributed by atoms with Gasteiger partial charge in [0.25, 0.3) is 0 Å². The molecule has 0 aliphatic rings. The number of benzene rings is 2. The van der Waals surface area contributed by atoms with E-state index in [1.807, 2.05) is 43.3 Å².